The van der Waals surface area contributed by atoms with Gasteiger partial charge in [-0.05, 0) is 12.1 Å². The van der Waals surface area contributed by atoms with Crippen molar-refractivity contribution in [2.75, 3.05) is 0 Å². The first-order chi connectivity index (χ1) is 9.38. The van der Waals surface area contributed by atoms with Crippen LogP contribution >= 0.6 is 35.0 Å². The summed E-state index contributed by atoms with van der Waals surface area (Å²) in [6.07, 6.45) is 0. The topological polar surface area (TPSA) is 61.8 Å². The second-order valence-electron chi connectivity index (χ2n) is 4.09. The normalized spacial score (nSPS) is 17.9. The molecule has 1 N–H and O–H groups in total. The van der Waals surface area contributed by atoms with E-state index in [0.717, 1.165) is 0 Å². The number of nitrogens with one attached hydrogen (secondary N) is 1. The highest BCUT2D eigenvalue weighted by Gasteiger charge is 2.33. The molecule has 0 aromatic heterocycles. The smallest absolute Gasteiger partial charge is 0.241 e. The molecule has 0 fully saturated rings. The van der Waals surface area contributed by atoms with Crippen LogP contribution in [-0.2, 0) is 9.59 Å². The Hall–Kier alpha value is -1.24. The molecule has 1 heterocycles. The van der Waals surface area contributed by atoms with E-state index in [2.05, 4.69) is 10.4 Å². The predicted octanol–water partition coefficient (Wildman–Crippen LogP) is 2.99. The summed E-state index contributed by atoms with van der Waals surface area (Å²) in [4.78, 5) is 22.7. The van der Waals surface area contributed by atoms with Crippen LogP contribution in [0.1, 0.15) is 24.8 Å². The maximum atomic E-state index is 11.7. The third kappa shape index (κ3) is 3.26. The van der Waals surface area contributed by atoms with Crippen LogP contribution in [0.5, 0.6) is 0 Å². The number of carbonyl (C=O) groups is 2. The minimum atomic E-state index is -0.417. The summed E-state index contributed by atoms with van der Waals surface area (Å²) in [5.41, 5.74) is 0.709. The standard InChI is InChI=1S/C12H11Cl2N3O2S/c1-6(18)15-12-16-17(7(2)19)11(20-12)9-4-3-8(13)5-10(9)14/h3-5,11H,1-2H3,(H,15,16,18)/t11-/m1/s1. The maximum absolute atomic E-state index is 11.7. The van der Waals surface area contributed by atoms with Crippen LogP contribution < -0.4 is 5.32 Å². The van der Waals surface area contributed by atoms with E-state index in [1.54, 1.807) is 18.2 Å². The average Bonchev–Trinajstić information content (AvgIpc) is 2.71. The number of hydrogen-bond donors (Lipinski definition) is 1. The van der Waals surface area contributed by atoms with Crippen molar-refractivity contribution in [3.63, 3.8) is 0 Å². The molecule has 1 aromatic carbocycles. The zero-order valence-corrected chi connectivity index (χ0v) is 13.0. The molecule has 0 unspecified atom stereocenters. The van der Waals surface area contributed by atoms with Gasteiger partial charge in [0.15, 0.2) is 5.17 Å². The van der Waals surface area contributed by atoms with E-state index in [4.69, 9.17) is 23.2 Å². The summed E-state index contributed by atoms with van der Waals surface area (Å²) in [5, 5.41) is 8.84. The van der Waals surface area contributed by atoms with Crippen molar-refractivity contribution in [2.45, 2.75) is 19.2 Å². The zero-order valence-electron chi connectivity index (χ0n) is 10.7. The SMILES string of the molecule is CC(=O)NC1=NN(C(C)=O)[C@@H](c2ccc(Cl)cc2Cl)S1. The number of rotatable bonds is 1. The Morgan fingerprint density at radius 1 is 1.35 bits per heavy atom. The van der Waals surface area contributed by atoms with E-state index in [0.29, 0.717) is 20.8 Å². The number of nitrogens with zero attached hydrogens (tertiary/aromatic N) is 2. The minimum absolute atomic E-state index is 0.242. The van der Waals surface area contributed by atoms with Gasteiger partial charge in [0, 0.05) is 29.5 Å². The van der Waals surface area contributed by atoms with Gasteiger partial charge in [-0.15, -0.1) is 5.10 Å². The fourth-order valence-corrected chi connectivity index (χ4v) is 3.42. The maximum Gasteiger partial charge on any atom is 0.241 e. The molecule has 0 saturated carbocycles. The molecular weight excluding hydrogens is 321 g/mol. The van der Waals surface area contributed by atoms with Gasteiger partial charge in [0.1, 0.15) is 5.37 Å². The van der Waals surface area contributed by atoms with Crippen LogP contribution in [-0.4, -0.2) is 22.0 Å². The number of amidine groups is 1. The van der Waals surface area contributed by atoms with Gasteiger partial charge in [-0.1, -0.05) is 41.0 Å². The highest BCUT2D eigenvalue weighted by Crippen LogP contribution is 2.42. The fraction of sp³-hybridized carbons (Fsp3) is 0.250. The van der Waals surface area contributed by atoms with Crippen molar-refractivity contribution in [2.24, 2.45) is 5.10 Å². The molecular formula is C12H11Cl2N3O2S. The van der Waals surface area contributed by atoms with Crippen LogP contribution in [0.3, 0.4) is 0 Å². The number of halogens is 2. The van der Waals surface area contributed by atoms with Gasteiger partial charge in [-0.3, -0.25) is 9.59 Å². The number of amides is 2. The van der Waals surface area contributed by atoms with E-state index in [1.807, 2.05) is 0 Å². The Morgan fingerprint density at radius 2 is 2.05 bits per heavy atom. The summed E-state index contributed by atoms with van der Waals surface area (Å²) in [5.74, 6) is -0.489. The lowest BCUT2D eigenvalue weighted by atomic mass is 10.2. The van der Waals surface area contributed by atoms with E-state index in [1.165, 1.54) is 30.6 Å². The van der Waals surface area contributed by atoms with Crippen LogP contribution in [0.2, 0.25) is 10.0 Å². The van der Waals surface area contributed by atoms with Crippen molar-refractivity contribution in [3.05, 3.63) is 33.8 Å². The third-order valence-corrected chi connectivity index (χ3v) is 4.12. The minimum Gasteiger partial charge on any atom is -0.304 e. The van der Waals surface area contributed by atoms with Gasteiger partial charge in [0.05, 0.1) is 0 Å². The summed E-state index contributed by atoms with van der Waals surface area (Å²) in [6, 6.07) is 5.04. The fourth-order valence-electron chi connectivity index (χ4n) is 1.67. The molecule has 0 bridgehead atoms. The van der Waals surface area contributed by atoms with Crippen LogP contribution in [0, 0.1) is 0 Å². The molecule has 1 atom stereocenters. The van der Waals surface area contributed by atoms with Crippen molar-refractivity contribution >= 4 is 51.9 Å². The van der Waals surface area contributed by atoms with E-state index < -0.39 is 5.37 Å². The van der Waals surface area contributed by atoms with Crippen molar-refractivity contribution in [3.8, 4) is 0 Å². The number of carbonyl (C=O) groups excluding carboxylic acids is 2. The molecule has 1 aliphatic heterocycles. The van der Waals surface area contributed by atoms with Gasteiger partial charge in [0.2, 0.25) is 11.8 Å². The number of hydrazone groups is 1. The third-order valence-electron chi connectivity index (χ3n) is 2.48. The molecule has 106 valence electrons. The van der Waals surface area contributed by atoms with Crippen molar-refractivity contribution in [1.29, 1.82) is 0 Å². The molecule has 0 aliphatic carbocycles. The number of benzene rings is 1. The lowest BCUT2D eigenvalue weighted by Gasteiger charge is -2.20. The quantitative estimate of drug-likeness (QED) is 0.860. The lowest BCUT2D eigenvalue weighted by Crippen LogP contribution is -2.25. The van der Waals surface area contributed by atoms with Crippen LogP contribution in [0.15, 0.2) is 23.3 Å². The Balaban J connectivity index is 2.32. The summed E-state index contributed by atoms with van der Waals surface area (Å²) < 4.78 is 0. The number of hydrogen-bond acceptors (Lipinski definition) is 4. The molecule has 0 spiro atoms. The summed E-state index contributed by atoms with van der Waals surface area (Å²) in [7, 11) is 0. The van der Waals surface area contributed by atoms with Gasteiger partial charge in [-0.2, -0.15) is 0 Å². The number of thioether (sulfide) groups is 1. The molecule has 1 aliphatic rings. The Kier molecular flexibility index (Phi) is 4.57. The Labute approximate surface area is 130 Å². The Morgan fingerprint density at radius 3 is 2.60 bits per heavy atom. The van der Waals surface area contributed by atoms with Crippen molar-refractivity contribution in [1.82, 2.24) is 10.3 Å². The van der Waals surface area contributed by atoms with E-state index >= 15 is 0 Å². The van der Waals surface area contributed by atoms with Gasteiger partial charge in [-0.25, -0.2) is 5.01 Å². The highest BCUT2D eigenvalue weighted by molar-refractivity contribution is 8.14. The molecule has 0 saturated heterocycles. The second kappa shape index (κ2) is 6.03. The molecule has 5 nitrogen and oxygen atoms in total. The monoisotopic (exact) mass is 331 g/mol. The molecule has 2 amide bonds. The van der Waals surface area contributed by atoms with Crippen LogP contribution in [0.25, 0.3) is 0 Å². The molecule has 8 heteroatoms. The predicted molar refractivity (Wildman–Crippen MR) is 80.6 cm³/mol. The molecule has 1 aromatic rings. The van der Waals surface area contributed by atoms with Crippen molar-refractivity contribution < 1.29 is 9.59 Å². The first-order valence-corrected chi connectivity index (χ1v) is 7.29. The van der Waals surface area contributed by atoms with Gasteiger partial charge >= 0.3 is 0 Å². The Bertz CT molecular complexity index is 606. The first-order valence-electron chi connectivity index (χ1n) is 5.66. The summed E-state index contributed by atoms with van der Waals surface area (Å²) in [6.45, 7) is 2.78. The van der Waals surface area contributed by atoms with Gasteiger partial charge in [0.25, 0.3) is 0 Å². The largest absolute Gasteiger partial charge is 0.304 e. The van der Waals surface area contributed by atoms with E-state index in [-0.39, 0.29) is 11.8 Å². The van der Waals surface area contributed by atoms with E-state index in [9.17, 15) is 9.59 Å². The highest BCUT2D eigenvalue weighted by atomic mass is 35.5. The van der Waals surface area contributed by atoms with Crippen LogP contribution in [0.4, 0.5) is 0 Å². The zero-order chi connectivity index (χ0) is 14.9. The molecule has 0 radical (unpaired) electrons. The van der Waals surface area contributed by atoms with Gasteiger partial charge < -0.3 is 5.32 Å². The first kappa shape index (κ1) is 15.2. The summed E-state index contributed by atoms with van der Waals surface area (Å²) >= 11 is 13.3. The molecule has 20 heavy (non-hydrogen) atoms. The molecule has 2 rings (SSSR count). The average molecular weight is 332 g/mol. The second-order valence-corrected chi connectivity index (χ2v) is 6.00. The lowest BCUT2D eigenvalue weighted by molar-refractivity contribution is -0.129.